The molecule has 0 radical (unpaired) electrons. The monoisotopic (exact) mass is 449 g/mol. The van der Waals surface area contributed by atoms with Crippen LogP contribution in [0.2, 0.25) is 0 Å². The van der Waals surface area contributed by atoms with E-state index in [2.05, 4.69) is 48.9 Å². The third-order valence-corrected chi connectivity index (χ3v) is 5.80. The summed E-state index contributed by atoms with van der Waals surface area (Å²) >= 11 is 0. The SMILES string of the molecule is CCCCOc1ccc(C(C)NC(=O)CCN2NC(c3ccc(CC)cc3)=CCC2=O)cc1. The molecule has 0 spiro atoms. The van der Waals surface area contributed by atoms with Crippen molar-refractivity contribution in [2.75, 3.05) is 13.2 Å². The fraction of sp³-hybridized carbons (Fsp3) is 0.407. The number of nitrogens with zero attached hydrogens (tertiary/aromatic N) is 1. The second-order valence-corrected chi connectivity index (χ2v) is 8.34. The van der Waals surface area contributed by atoms with Crippen molar-refractivity contribution >= 4 is 17.5 Å². The Morgan fingerprint density at radius 1 is 1.12 bits per heavy atom. The van der Waals surface area contributed by atoms with Gasteiger partial charge in [0.05, 0.1) is 24.9 Å². The lowest BCUT2D eigenvalue weighted by Gasteiger charge is -2.29. The number of carbonyl (C=O) groups excluding carboxylic acids is 2. The number of aryl methyl sites for hydroxylation is 1. The standard InChI is InChI=1S/C27H35N3O3/c1-4-6-19-33-24-13-11-22(12-14-24)20(3)28-26(31)17-18-30-27(32)16-15-25(29-30)23-9-7-21(5-2)8-10-23/h7-15,20,29H,4-6,16-19H2,1-3H3,(H,28,31). The van der Waals surface area contributed by atoms with Gasteiger partial charge < -0.3 is 10.1 Å². The molecular weight excluding hydrogens is 414 g/mol. The van der Waals surface area contributed by atoms with Crippen LogP contribution in [0.25, 0.3) is 5.70 Å². The zero-order valence-corrected chi connectivity index (χ0v) is 19.9. The van der Waals surface area contributed by atoms with Crippen molar-refractivity contribution in [3.8, 4) is 5.75 Å². The maximum absolute atomic E-state index is 12.5. The fourth-order valence-electron chi connectivity index (χ4n) is 3.63. The molecule has 0 aliphatic carbocycles. The average molecular weight is 450 g/mol. The molecule has 1 atom stereocenters. The molecule has 0 saturated heterocycles. The zero-order valence-electron chi connectivity index (χ0n) is 19.9. The highest BCUT2D eigenvalue weighted by Gasteiger charge is 2.21. The molecule has 0 saturated carbocycles. The number of amides is 2. The number of hydrogen-bond acceptors (Lipinski definition) is 4. The van der Waals surface area contributed by atoms with E-state index in [0.29, 0.717) is 19.6 Å². The molecule has 0 fully saturated rings. The van der Waals surface area contributed by atoms with Crippen molar-refractivity contribution in [2.45, 2.75) is 58.9 Å². The summed E-state index contributed by atoms with van der Waals surface area (Å²) in [7, 11) is 0. The number of unbranched alkanes of at least 4 members (excludes halogenated alkanes) is 1. The molecular formula is C27H35N3O3. The van der Waals surface area contributed by atoms with E-state index in [-0.39, 0.29) is 24.3 Å². The summed E-state index contributed by atoms with van der Waals surface area (Å²) in [6.07, 6.45) is 5.57. The smallest absolute Gasteiger partial charge is 0.244 e. The van der Waals surface area contributed by atoms with Crippen molar-refractivity contribution in [2.24, 2.45) is 0 Å². The Kier molecular flexibility index (Phi) is 8.93. The molecule has 1 unspecified atom stereocenters. The normalized spacial score (nSPS) is 14.3. The van der Waals surface area contributed by atoms with Crippen LogP contribution in [0, 0.1) is 0 Å². The van der Waals surface area contributed by atoms with E-state index < -0.39 is 0 Å². The van der Waals surface area contributed by atoms with E-state index >= 15 is 0 Å². The molecule has 3 rings (SSSR count). The van der Waals surface area contributed by atoms with Crippen molar-refractivity contribution in [1.82, 2.24) is 15.8 Å². The highest BCUT2D eigenvalue weighted by molar-refractivity contribution is 5.84. The van der Waals surface area contributed by atoms with Crippen LogP contribution < -0.4 is 15.5 Å². The van der Waals surface area contributed by atoms with Crippen LogP contribution in [0.4, 0.5) is 0 Å². The number of nitrogens with one attached hydrogen (secondary N) is 2. The molecule has 2 aromatic rings. The molecule has 2 amide bonds. The molecule has 0 bridgehead atoms. The molecule has 6 heteroatoms. The summed E-state index contributed by atoms with van der Waals surface area (Å²) in [5.41, 5.74) is 7.39. The van der Waals surface area contributed by atoms with E-state index in [9.17, 15) is 9.59 Å². The van der Waals surface area contributed by atoms with E-state index in [1.807, 2.05) is 37.3 Å². The summed E-state index contributed by atoms with van der Waals surface area (Å²) in [4.78, 5) is 24.9. The van der Waals surface area contributed by atoms with E-state index in [0.717, 1.165) is 41.8 Å². The third kappa shape index (κ3) is 7.11. The maximum Gasteiger partial charge on any atom is 0.244 e. The first kappa shape index (κ1) is 24.4. The average Bonchev–Trinajstić information content (AvgIpc) is 2.84. The number of rotatable bonds is 11. The van der Waals surface area contributed by atoms with Gasteiger partial charge in [-0.3, -0.25) is 20.0 Å². The van der Waals surface area contributed by atoms with Crippen LogP contribution in [0.15, 0.2) is 54.6 Å². The number of hydrogen-bond donors (Lipinski definition) is 2. The largest absolute Gasteiger partial charge is 0.494 e. The van der Waals surface area contributed by atoms with Gasteiger partial charge in [0.1, 0.15) is 5.75 Å². The van der Waals surface area contributed by atoms with Crippen molar-refractivity contribution in [3.63, 3.8) is 0 Å². The first-order valence-corrected chi connectivity index (χ1v) is 11.9. The van der Waals surface area contributed by atoms with Crippen LogP contribution in [0.5, 0.6) is 5.75 Å². The Balaban J connectivity index is 1.48. The highest BCUT2D eigenvalue weighted by Crippen LogP contribution is 2.20. The van der Waals surface area contributed by atoms with Crippen LogP contribution in [0.1, 0.15) is 69.2 Å². The van der Waals surface area contributed by atoms with Gasteiger partial charge in [0, 0.05) is 12.8 Å². The molecule has 1 aliphatic heterocycles. The summed E-state index contributed by atoms with van der Waals surface area (Å²) in [5.74, 6) is 0.709. The predicted octanol–water partition coefficient (Wildman–Crippen LogP) is 4.77. The van der Waals surface area contributed by atoms with Crippen molar-refractivity contribution in [3.05, 3.63) is 71.3 Å². The Labute approximate surface area is 197 Å². The Hall–Kier alpha value is -3.28. The van der Waals surface area contributed by atoms with Gasteiger partial charge >= 0.3 is 0 Å². The van der Waals surface area contributed by atoms with Crippen LogP contribution in [-0.2, 0) is 16.0 Å². The Bertz CT molecular complexity index is 952. The first-order valence-electron chi connectivity index (χ1n) is 11.9. The number of carbonyl (C=O) groups is 2. The molecule has 1 heterocycles. The molecule has 176 valence electrons. The molecule has 1 aliphatic rings. The number of hydrazine groups is 1. The van der Waals surface area contributed by atoms with Gasteiger partial charge in [-0.05, 0) is 54.7 Å². The third-order valence-electron chi connectivity index (χ3n) is 5.80. The van der Waals surface area contributed by atoms with Gasteiger partial charge in [-0.15, -0.1) is 0 Å². The first-order chi connectivity index (χ1) is 16.0. The minimum Gasteiger partial charge on any atom is -0.494 e. The summed E-state index contributed by atoms with van der Waals surface area (Å²) in [5, 5.41) is 4.56. The summed E-state index contributed by atoms with van der Waals surface area (Å²) < 4.78 is 5.69. The number of ether oxygens (including phenoxy) is 1. The zero-order chi connectivity index (χ0) is 23.6. The Morgan fingerprint density at radius 2 is 1.85 bits per heavy atom. The molecule has 33 heavy (non-hydrogen) atoms. The van der Waals surface area contributed by atoms with E-state index in [4.69, 9.17) is 4.74 Å². The van der Waals surface area contributed by atoms with Gasteiger partial charge in [-0.25, -0.2) is 0 Å². The van der Waals surface area contributed by atoms with Gasteiger partial charge in [-0.1, -0.05) is 56.7 Å². The Morgan fingerprint density at radius 3 is 2.52 bits per heavy atom. The maximum atomic E-state index is 12.5. The van der Waals surface area contributed by atoms with Gasteiger partial charge in [-0.2, -0.15) is 0 Å². The fourth-order valence-corrected chi connectivity index (χ4v) is 3.63. The highest BCUT2D eigenvalue weighted by atomic mass is 16.5. The van der Waals surface area contributed by atoms with Crippen molar-refractivity contribution in [1.29, 1.82) is 0 Å². The molecule has 2 N–H and O–H groups in total. The van der Waals surface area contributed by atoms with Gasteiger partial charge in [0.15, 0.2) is 0 Å². The predicted molar refractivity (Wildman–Crippen MR) is 131 cm³/mol. The second kappa shape index (κ2) is 12.1. The lowest BCUT2D eigenvalue weighted by atomic mass is 10.1. The van der Waals surface area contributed by atoms with Gasteiger partial charge in [0.2, 0.25) is 11.8 Å². The molecule has 6 nitrogen and oxygen atoms in total. The second-order valence-electron chi connectivity index (χ2n) is 8.34. The van der Waals surface area contributed by atoms with E-state index in [1.54, 1.807) is 0 Å². The van der Waals surface area contributed by atoms with Crippen LogP contribution in [-0.4, -0.2) is 30.0 Å². The molecule has 0 aromatic heterocycles. The lowest BCUT2D eigenvalue weighted by molar-refractivity contribution is -0.133. The van der Waals surface area contributed by atoms with Crippen molar-refractivity contribution < 1.29 is 14.3 Å². The lowest BCUT2D eigenvalue weighted by Crippen LogP contribution is -2.46. The topological polar surface area (TPSA) is 70.7 Å². The van der Waals surface area contributed by atoms with E-state index in [1.165, 1.54) is 10.6 Å². The minimum atomic E-state index is -0.125. The number of benzene rings is 2. The van der Waals surface area contributed by atoms with Gasteiger partial charge in [0.25, 0.3) is 0 Å². The quantitative estimate of drug-likeness (QED) is 0.485. The summed E-state index contributed by atoms with van der Waals surface area (Å²) in [6, 6.07) is 16.0. The minimum absolute atomic E-state index is 0.0385. The van der Waals surface area contributed by atoms with Crippen LogP contribution >= 0.6 is 0 Å². The molecule has 2 aromatic carbocycles. The summed E-state index contributed by atoms with van der Waals surface area (Å²) in [6.45, 7) is 7.24. The van der Waals surface area contributed by atoms with Crippen LogP contribution in [0.3, 0.4) is 0 Å².